The number of hydrogen-bond donors (Lipinski definition) is 1. The molecule has 1 aromatic carbocycles. The normalized spacial score (nSPS) is 13.8. The number of rotatable bonds is 4. The zero-order valence-corrected chi connectivity index (χ0v) is 17.2. The molecule has 1 aliphatic heterocycles. The molecule has 1 N–H and O–H groups in total. The Labute approximate surface area is 179 Å². The number of benzene rings is 1. The molecule has 30 heavy (non-hydrogen) atoms. The maximum absolute atomic E-state index is 14.5. The van der Waals surface area contributed by atoms with Gasteiger partial charge in [-0.2, -0.15) is 5.10 Å². The molecule has 0 saturated carbocycles. The quantitative estimate of drug-likeness (QED) is 0.478. The summed E-state index contributed by atoms with van der Waals surface area (Å²) in [7, 11) is 0. The van der Waals surface area contributed by atoms with Crippen LogP contribution in [0.1, 0.15) is 11.3 Å². The Bertz CT molecular complexity index is 1260. The summed E-state index contributed by atoms with van der Waals surface area (Å²) in [6.07, 6.45) is 2.55. The van der Waals surface area contributed by atoms with E-state index < -0.39 is 11.6 Å². The van der Waals surface area contributed by atoms with Crippen LogP contribution >= 0.6 is 22.9 Å². The lowest BCUT2D eigenvalue weighted by atomic mass is 10.1. The summed E-state index contributed by atoms with van der Waals surface area (Å²) in [6, 6.07) is 3.81. The van der Waals surface area contributed by atoms with Crippen molar-refractivity contribution in [1.82, 2.24) is 19.7 Å². The Morgan fingerprint density at radius 1 is 1.20 bits per heavy atom. The number of anilines is 1. The Balaban J connectivity index is 1.58. The molecule has 0 unspecified atom stereocenters. The largest absolute Gasteiger partial charge is 0.394 e. The molecule has 0 spiro atoms. The van der Waals surface area contributed by atoms with Crippen LogP contribution in [0.2, 0.25) is 5.02 Å². The Hall–Kier alpha value is -2.62. The second-order valence-corrected chi connectivity index (χ2v) is 8.31. The molecule has 1 aliphatic rings. The topological polar surface area (TPSA) is 67.1 Å². The fraction of sp³-hybridized carbons (Fsp3) is 0.250. The van der Waals surface area contributed by atoms with Crippen molar-refractivity contribution in [2.24, 2.45) is 0 Å². The lowest BCUT2D eigenvalue weighted by Crippen LogP contribution is -2.32. The van der Waals surface area contributed by atoms with Gasteiger partial charge < -0.3 is 10.0 Å². The molecule has 0 aliphatic carbocycles. The van der Waals surface area contributed by atoms with E-state index in [1.807, 2.05) is 16.1 Å². The van der Waals surface area contributed by atoms with Crippen LogP contribution in [0.5, 0.6) is 0 Å². The first-order chi connectivity index (χ1) is 14.5. The third-order valence-electron chi connectivity index (χ3n) is 5.16. The van der Waals surface area contributed by atoms with Crippen molar-refractivity contribution in [3.05, 3.63) is 57.7 Å². The van der Waals surface area contributed by atoms with E-state index >= 15 is 0 Å². The van der Waals surface area contributed by atoms with E-state index in [-0.39, 0.29) is 23.0 Å². The van der Waals surface area contributed by atoms with E-state index in [0.717, 1.165) is 34.5 Å². The van der Waals surface area contributed by atoms with Crippen LogP contribution in [0.4, 0.5) is 14.6 Å². The number of aliphatic hydroxyl groups excluding tert-OH is 1. The third-order valence-corrected chi connectivity index (χ3v) is 6.35. The minimum Gasteiger partial charge on any atom is -0.394 e. The molecule has 4 heterocycles. The maximum Gasteiger partial charge on any atom is 0.165 e. The minimum absolute atomic E-state index is 0.0280. The van der Waals surface area contributed by atoms with Gasteiger partial charge in [-0.1, -0.05) is 11.6 Å². The highest BCUT2D eigenvalue weighted by molar-refractivity contribution is 7.17. The molecule has 6 nitrogen and oxygen atoms in total. The summed E-state index contributed by atoms with van der Waals surface area (Å²) < 4.78 is 31.2. The van der Waals surface area contributed by atoms with Gasteiger partial charge in [0.05, 0.1) is 40.2 Å². The van der Waals surface area contributed by atoms with Crippen LogP contribution in [0, 0.1) is 11.6 Å². The summed E-state index contributed by atoms with van der Waals surface area (Å²) in [5, 5.41) is 15.2. The number of hydrogen-bond acceptors (Lipinski definition) is 6. The molecule has 5 rings (SSSR count). The van der Waals surface area contributed by atoms with Crippen molar-refractivity contribution in [3.8, 4) is 11.4 Å². The predicted octanol–water partition coefficient (Wildman–Crippen LogP) is 4.04. The Morgan fingerprint density at radius 2 is 2.07 bits per heavy atom. The van der Waals surface area contributed by atoms with Crippen LogP contribution in [0.15, 0.2) is 29.8 Å². The zero-order chi connectivity index (χ0) is 20.8. The summed E-state index contributed by atoms with van der Waals surface area (Å²) in [5.41, 5.74) is 2.81. The van der Waals surface area contributed by atoms with Crippen LogP contribution in [-0.2, 0) is 19.5 Å². The highest BCUT2D eigenvalue weighted by Crippen LogP contribution is 2.35. The van der Waals surface area contributed by atoms with E-state index in [4.69, 9.17) is 11.6 Å². The van der Waals surface area contributed by atoms with Crippen molar-refractivity contribution in [2.45, 2.75) is 19.5 Å². The van der Waals surface area contributed by atoms with Gasteiger partial charge in [0, 0.05) is 30.8 Å². The molecule has 0 fully saturated rings. The average Bonchev–Trinajstić information content (AvgIpc) is 3.37. The van der Waals surface area contributed by atoms with Crippen molar-refractivity contribution in [2.75, 3.05) is 18.1 Å². The number of nitrogens with zero attached hydrogens (tertiary/aromatic N) is 5. The van der Waals surface area contributed by atoms with E-state index in [9.17, 15) is 13.9 Å². The Morgan fingerprint density at radius 3 is 2.90 bits per heavy atom. The lowest BCUT2D eigenvalue weighted by molar-refractivity contribution is 0.267. The fourth-order valence-electron chi connectivity index (χ4n) is 3.74. The molecular weight excluding hydrogens is 432 g/mol. The number of halogens is 3. The van der Waals surface area contributed by atoms with Gasteiger partial charge in [0.15, 0.2) is 11.6 Å². The van der Waals surface area contributed by atoms with Gasteiger partial charge in [0.2, 0.25) is 0 Å². The van der Waals surface area contributed by atoms with Crippen LogP contribution in [-0.4, -0.2) is 38.0 Å². The second kappa shape index (κ2) is 7.57. The molecule has 0 atom stereocenters. The zero-order valence-electron chi connectivity index (χ0n) is 15.6. The van der Waals surface area contributed by atoms with Crippen LogP contribution < -0.4 is 4.90 Å². The first-order valence-corrected chi connectivity index (χ1v) is 10.6. The summed E-state index contributed by atoms with van der Waals surface area (Å²) >= 11 is 7.20. The van der Waals surface area contributed by atoms with Crippen molar-refractivity contribution in [1.29, 1.82) is 0 Å². The van der Waals surface area contributed by atoms with E-state index in [1.54, 1.807) is 6.20 Å². The Kier molecular flexibility index (Phi) is 4.88. The van der Waals surface area contributed by atoms with Gasteiger partial charge in [-0.25, -0.2) is 18.7 Å². The van der Waals surface area contributed by atoms with E-state index in [1.165, 1.54) is 11.3 Å². The standard InChI is InChI=1S/C20H16ClF2N5OS/c21-13-8-14(22)12(7-15(13)23)19-25-16-2-6-30-18(16)20(26-19)27-3-1-17-11(10-27)9-24-28(17)4-5-29/h2,6-9,29H,1,3-5,10H2. The van der Waals surface area contributed by atoms with Gasteiger partial charge in [-0.15, -0.1) is 11.3 Å². The number of aromatic nitrogens is 4. The molecule has 0 radical (unpaired) electrons. The molecular formula is C20H16ClF2N5OS. The monoisotopic (exact) mass is 447 g/mol. The molecule has 0 amide bonds. The van der Waals surface area contributed by atoms with E-state index in [0.29, 0.717) is 31.0 Å². The summed E-state index contributed by atoms with van der Waals surface area (Å²) in [4.78, 5) is 11.2. The fourth-order valence-corrected chi connectivity index (χ4v) is 4.74. The lowest BCUT2D eigenvalue weighted by Gasteiger charge is -2.29. The molecule has 154 valence electrons. The first-order valence-electron chi connectivity index (χ1n) is 9.34. The number of aliphatic hydroxyl groups is 1. The molecule has 4 aromatic rings. The van der Waals surface area contributed by atoms with Gasteiger partial charge in [0.25, 0.3) is 0 Å². The van der Waals surface area contributed by atoms with Crippen molar-refractivity contribution in [3.63, 3.8) is 0 Å². The smallest absolute Gasteiger partial charge is 0.165 e. The van der Waals surface area contributed by atoms with Crippen molar-refractivity contribution < 1.29 is 13.9 Å². The second-order valence-electron chi connectivity index (χ2n) is 6.99. The van der Waals surface area contributed by atoms with Gasteiger partial charge in [-0.05, 0) is 23.6 Å². The van der Waals surface area contributed by atoms with E-state index in [2.05, 4.69) is 20.0 Å². The first kappa shape index (κ1) is 19.3. The highest BCUT2D eigenvalue weighted by Gasteiger charge is 2.25. The molecule has 0 bridgehead atoms. The molecule has 3 aromatic heterocycles. The van der Waals surface area contributed by atoms with Gasteiger partial charge in [-0.3, -0.25) is 4.68 Å². The number of thiophene rings is 1. The minimum atomic E-state index is -0.720. The third kappa shape index (κ3) is 3.23. The average molecular weight is 448 g/mol. The predicted molar refractivity (Wildman–Crippen MR) is 112 cm³/mol. The summed E-state index contributed by atoms with van der Waals surface area (Å²) in [6.45, 7) is 1.77. The molecule has 10 heteroatoms. The van der Waals surface area contributed by atoms with Gasteiger partial charge >= 0.3 is 0 Å². The SMILES string of the molecule is OCCn1ncc2c1CCN(c1nc(-c3cc(F)c(Cl)cc3F)nc3ccsc13)C2. The maximum atomic E-state index is 14.5. The summed E-state index contributed by atoms with van der Waals surface area (Å²) in [5.74, 6) is -0.596. The van der Waals surface area contributed by atoms with Crippen LogP contribution in [0.25, 0.3) is 21.6 Å². The van der Waals surface area contributed by atoms with Crippen LogP contribution in [0.3, 0.4) is 0 Å². The van der Waals surface area contributed by atoms with Crippen molar-refractivity contribution >= 4 is 39.0 Å². The molecule has 0 saturated heterocycles. The highest BCUT2D eigenvalue weighted by atomic mass is 35.5. The van der Waals surface area contributed by atoms with Gasteiger partial charge in [0.1, 0.15) is 11.6 Å². The number of fused-ring (bicyclic) bond motifs is 2.